The van der Waals surface area contributed by atoms with E-state index >= 15 is 0 Å². The number of aryl methyl sites for hydroxylation is 1. The van der Waals surface area contributed by atoms with Gasteiger partial charge in [-0.05, 0) is 41.1 Å². The lowest BCUT2D eigenvalue weighted by atomic mass is 10.4. The summed E-state index contributed by atoms with van der Waals surface area (Å²) in [7, 11) is 0. The average molecular weight is 347 g/mol. The molecular weight excluding hydrogens is 340 g/mol. The van der Waals surface area contributed by atoms with Gasteiger partial charge in [-0.15, -0.1) is 5.10 Å². The number of hydrogen-bond donors (Lipinski definition) is 0. The van der Waals surface area contributed by atoms with Crippen molar-refractivity contribution in [2.45, 2.75) is 6.92 Å². The van der Waals surface area contributed by atoms with Crippen LogP contribution in [0.5, 0.6) is 0 Å². The van der Waals surface area contributed by atoms with Crippen LogP contribution < -0.4 is 0 Å². The summed E-state index contributed by atoms with van der Waals surface area (Å²) in [6.07, 6.45) is 1.67. The van der Waals surface area contributed by atoms with Crippen LogP contribution in [0.1, 0.15) is 5.69 Å². The van der Waals surface area contributed by atoms with Gasteiger partial charge in [0.25, 0.3) is 11.7 Å². The zero-order chi connectivity index (χ0) is 14.4. The van der Waals surface area contributed by atoms with E-state index < -0.39 is 0 Å². The Bertz CT molecular complexity index is 940. The van der Waals surface area contributed by atoms with Crippen LogP contribution in [-0.4, -0.2) is 29.7 Å². The van der Waals surface area contributed by atoms with Gasteiger partial charge in [0.15, 0.2) is 10.4 Å². The third-order valence-corrected chi connectivity index (χ3v) is 3.27. The molecule has 0 spiro atoms. The van der Waals surface area contributed by atoms with Gasteiger partial charge in [0.05, 0.1) is 0 Å². The highest BCUT2D eigenvalue weighted by Gasteiger charge is 2.18. The molecule has 8 nitrogen and oxygen atoms in total. The topological polar surface area (TPSA) is 95.1 Å². The van der Waals surface area contributed by atoms with Gasteiger partial charge < -0.3 is 8.94 Å². The van der Waals surface area contributed by atoms with Gasteiger partial charge in [-0.25, -0.2) is 9.50 Å². The van der Waals surface area contributed by atoms with Crippen molar-refractivity contribution in [1.82, 2.24) is 29.7 Å². The number of rotatable bonds is 2. The monoisotopic (exact) mass is 346 g/mol. The normalized spacial score (nSPS) is 11.3. The van der Waals surface area contributed by atoms with Gasteiger partial charge in [-0.2, -0.15) is 9.97 Å². The van der Waals surface area contributed by atoms with Crippen LogP contribution in [0.4, 0.5) is 0 Å². The first-order valence-corrected chi connectivity index (χ1v) is 6.78. The fraction of sp³-hybridized carbons (Fsp3) is 0.0833. The Morgan fingerprint density at radius 1 is 1.14 bits per heavy atom. The molecule has 4 aromatic rings. The Morgan fingerprint density at radius 2 is 2.05 bits per heavy atom. The number of aromatic nitrogens is 6. The van der Waals surface area contributed by atoms with E-state index in [1.807, 2.05) is 13.0 Å². The molecule has 4 rings (SSSR count). The summed E-state index contributed by atoms with van der Waals surface area (Å²) in [5.41, 5.74) is 0.911. The van der Waals surface area contributed by atoms with Gasteiger partial charge in [0.1, 0.15) is 0 Å². The first-order valence-electron chi connectivity index (χ1n) is 5.99. The maximum atomic E-state index is 5.37. The second-order valence-corrected chi connectivity index (χ2v) is 5.04. The van der Waals surface area contributed by atoms with Crippen molar-refractivity contribution in [2.24, 2.45) is 0 Å². The Kier molecular flexibility index (Phi) is 2.61. The van der Waals surface area contributed by atoms with Crippen molar-refractivity contribution in [3.8, 4) is 23.3 Å². The van der Waals surface area contributed by atoms with Crippen molar-refractivity contribution in [2.75, 3.05) is 0 Å². The van der Waals surface area contributed by atoms with Crippen molar-refractivity contribution < 1.29 is 8.94 Å². The summed E-state index contributed by atoms with van der Waals surface area (Å²) >= 11 is 3.22. The lowest BCUT2D eigenvalue weighted by Crippen LogP contribution is -1.94. The number of fused-ring (bicyclic) bond motifs is 1. The largest absolute Gasteiger partial charge is 0.446 e. The van der Waals surface area contributed by atoms with Crippen molar-refractivity contribution in [1.29, 1.82) is 0 Å². The molecule has 0 bridgehead atoms. The molecule has 4 aromatic heterocycles. The summed E-state index contributed by atoms with van der Waals surface area (Å²) in [5, 5.41) is 8.16. The van der Waals surface area contributed by atoms with E-state index in [1.165, 1.54) is 0 Å². The molecule has 0 aliphatic heterocycles. The first-order chi connectivity index (χ1) is 10.2. The van der Waals surface area contributed by atoms with E-state index in [0.29, 0.717) is 27.9 Å². The third-order valence-electron chi connectivity index (χ3n) is 2.84. The highest BCUT2D eigenvalue weighted by atomic mass is 79.9. The van der Waals surface area contributed by atoms with Gasteiger partial charge in [-0.1, -0.05) is 5.16 Å². The second-order valence-electron chi connectivity index (χ2n) is 4.26. The van der Waals surface area contributed by atoms with Gasteiger partial charge in [-0.3, -0.25) is 0 Å². The van der Waals surface area contributed by atoms with Gasteiger partial charge in [0, 0.05) is 11.9 Å². The molecule has 0 aromatic carbocycles. The van der Waals surface area contributed by atoms with Crippen LogP contribution >= 0.6 is 15.9 Å². The maximum Gasteiger partial charge on any atom is 0.298 e. The van der Waals surface area contributed by atoms with Crippen molar-refractivity contribution in [3.63, 3.8) is 0 Å². The molecule has 21 heavy (non-hydrogen) atoms. The molecule has 0 fully saturated rings. The molecule has 0 N–H and O–H groups in total. The van der Waals surface area contributed by atoms with E-state index in [2.05, 4.69) is 41.1 Å². The van der Waals surface area contributed by atoms with Crippen LogP contribution in [0.3, 0.4) is 0 Å². The fourth-order valence-electron chi connectivity index (χ4n) is 1.85. The van der Waals surface area contributed by atoms with Crippen molar-refractivity contribution >= 4 is 21.7 Å². The Hall–Kier alpha value is -2.55. The maximum absolute atomic E-state index is 5.37. The van der Waals surface area contributed by atoms with Crippen LogP contribution in [0.2, 0.25) is 0 Å². The minimum Gasteiger partial charge on any atom is -0.446 e. The summed E-state index contributed by atoms with van der Waals surface area (Å²) in [6, 6.07) is 5.33. The molecule has 0 unspecified atom stereocenters. The smallest absolute Gasteiger partial charge is 0.298 e. The standard InChI is InChI=1S/C12H7BrN6O2/c1-6-4-5-14-12-16-10(17-19(6)12)11-15-9(18-21-11)7-2-3-8(13)20-7/h2-5H,1H3. The zero-order valence-corrected chi connectivity index (χ0v) is 12.3. The van der Waals surface area contributed by atoms with Crippen molar-refractivity contribution in [3.05, 3.63) is 34.8 Å². The quantitative estimate of drug-likeness (QED) is 0.550. The lowest BCUT2D eigenvalue weighted by Gasteiger charge is -1.92. The number of furan rings is 1. The zero-order valence-electron chi connectivity index (χ0n) is 10.7. The number of halogens is 1. The van der Waals surface area contributed by atoms with Crippen LogP contribution in [0.25, 0.3) is 29.1 Å². The molecule has 0 amide bonds. The Labute approximate surface area is 126 Å². The number of hydrogen-bond acceptors (Lipinski definition) is 7. The molecule has 4 heterocycles. The van der Waals surface area contributed by atoms with Crippen LogP contribution in [0, 0.1) is 6.92 Å². The van der Waals surface area contributed by atoms with E-state index in [1.54, 1.807) is 22.8 Å². The summed E-state index contributed by atoms with van der Waals surface area (Å²) in [6.45, 7) is 1.91. The van der Waals surface area contributed by atoms with E-state index in [4.69, 9.17) is 8.94 Å². The summed E-state index contributed by atoms with van der Waals surface area (Å²) < 4.78 is 12.8. The summed E-state index contributed by atoms with van der Waals surface area (Å²) in [5.74, 6) is 1.84. The van der Waals surface area contributed by atoms with E-state index in [0.717, 1.165) is 5.69 Å². The predicted octanol–water partition coefficient (Wildman–Crippen LogP) is 2.51. The second kappa shape index (κ2) is 4.48. The average Bonchev–Trinajstić information content (AvgIpc) is 3.15. The first kappa shape index (κ1) is 12.2. The molecular formula is C12H7BrN6O2. The molecule has 104 valence electrons. The highest BCUT2D eigenvalue weighted by Crippen LogP contribution is 2.24. The highest BCUT2D eigenvalue weighted by molar-refractivity contribution is 9.10. The Morgan fingerprint density at radius 3 is 2.81 bits per heavy atom. The molecule has 9 heteroatoms. The lowest BCUT2D eigenvalue weighted by molar-refractivity contribution is 0.426. The van der Waals surface area contributed by atoms with Gasteiger partial charge in [0.2, 0.25) is 11.6 Å². The predicted molar refractivity (Wildman–Crippen MR) is 74.2 cm³/mol. The van der Waals surface area contributed by atoms with E-state index in [9.17, 15) is 0 Å². The van der Waals surface area contributed by atoms with Crippen LogP contribution in [0.15, 0.2) is 38.0 Å². The SMILES string of the molecule is Cc1ccnc2nc(-c3nc(-c4ccc(Br)o4)no3)nn12. The van der Waals surface area contributed by atoms with Crippen LogP contribution in [-0.2, 0) is 0 Å². The molecule has 0 saturated heterocycles. The minimum atomic E-state index is 0.211. The Balaban J connectivity index is 1.79. The molecule has 0 aliphatic carbocycles. The fourth-order valence-corrected chi connectivity index (χ4v) is 2.15. The number of nitrogens with zero attached hydrogens (tertiary/aromatic N) is 6. The van der Waals surface area contributed by atoms with Gasteiger partial charge >= 0.3 is 0 Å². The minimum absolute atomic E-state index is 0.211. The molecule has 0 aliphatic rings. The summed E-state index contributed by atoms with van der Waals surface area (Å²) in [4.78, 5) is 12.6. The molecule has 0 saturated carbocycles. The molecule has 0 atom stereocenters. The molecule has 0 radical (unpaired) electrons. The van der Waals surface area contributed by atoms with E-state index in [-0.39, 0.29) is 5.89 Å². The third kappa shape index (κ3) is 2.02.